The number of nitrogens with one attached hydrogen (secondary N) is 1. The van der Waals surface area contributed by atoms with E-state index in [2.05, 4.69) is 10.3 Å². The van der Waals surface area contributed by atoms with Gasteiger partial charge in [0, 0.05) is 17.4 Å². The third kappa shape index (κ3) is 2.80. The summed E-state index contributed by atoms with van der Waals surface area (Å²) in [6, 6.07) is 21.2. The Hall–Kier alpha value is -3.60. The SMILES string of the molecule is COc1cncc2c1c(=O)cc(Nc1ccccc1)n2-c1ccccc1. The summed E-state index contributed by atoms with van der Waals surface area (Å²) in [6.07, 6.45) is 3.24. The van der Waals surface area contributed by atoms with Crippen LogP contribution in [0.15, 0.2) is 83.9 Å². The molecule has 0 saturated heterocycles. The molecule has 0 unspecified atom stereocenters. The number of anilines is 2. The summed E-state index contributed by atoms with van der Waals surface area (Å²) in [7, 11) is 1.54. The Morgan fingerprint density at radius 3 is 2.35 bits per heavy atom. The molecule has 1 N–H and O–H groups in total. The molecule has 4 aromatic rings. The van der Waals surface area contributed by atoms with Gasteiger partial charge in [-0.05, 0) is 24.3 Å². The molecule has 0 aliphatic carbocycles. The minimum atomic E-state index is -0.120. The van der Waals surface area contributed by atoms with Crippen molar-refractivity contribution >= 4 is 22.4 Å². The molecule has 4 rings (SSSR count). The van der Waals surface area contributed by atoms with Crippen LogP contribution in [0.1, 0.15) is 0 Å². The molecule has 0 aliphatic rings. The molecule has 0 spiro atoms. The van der Waals surface area contributed by atoms with Gasteiger partial charge < -0.3 is 10.1 Å². The molecule has 0 fully saturated rings. The largest absolute Gasteiger partial charge is 0.494 e. The minimum Gasteiger partial charge on any atom is -0.494 e. The highest BCUT2D eigenvalue weighted by Crippen LogP contribution is 2.28. The van der Waals surface area contributed by atoms with Gasteiger partial charge in [-0.3, -0.25) is 14.3 Å². The zero-order valence-electron chi connectivity index (χ0n) is 14.2. The molecule has 2 aromatic heterocycles. The topological polar surface area (TPSA) is 56.1 Å². The normalized spacial score (nSPS) is 10.7. The number of rotatable bonds is 4. The molecule has 0 radical (unpaired) electrons. The Labute approximate surface area is 150 Å². The number of nitrogens with zero attached hydrogens (tertiary/aromatic N) is 2. The predicted octanol–water partition coefficient (Wildman–Crippen LogP) is 4.14. The van der Waals surface area contributed by atoms with Crippen LogP contribution in [-0.2, 0) is 0 Å². The maximum absolute atomic E-state index is 12.8. The lowest BCUT2D eigenvalue weighted by molar-refractivity contribution is 0.417. The molecular weight excluding hydrogens is 326 g/mol. The maximum atomic E-state index is 12.8. The lowest BCUT2D eigenvalue weighted by atomic mass is 10.2. The maximum Gasteiger partial charge on any atom is 0.195 e. The zero-order valence-corrected chi connectivity index (χ0v) is 14.2. The first kappa shape index (κ1) is 15.9. The Morgan fingerprint density at radius 1 is 0.962 bits per heavy atom. The number of fused-ring (bicyclic) bond motifs is 1. The molecule has 0 bridgehead atoms. The van der Waals surface area contributed by atoms with E-state index in [0.29, 0.717) is 22.5 Å². The third-order valence-corrected chi connectivity index (χ3v) is 4.17. The van der Waals surface area contributed by atoms with Gasteiger partial charge >= 0.3 is 0 Å². The van der Waals surface area contributed by atoms with E-state index in [-0.39, 0.29) is 5.43 Å². The van der Waals surface area contributed by atoms with Crippen molar-refractivity contribution in [3.63, 3.8) is 0 Å². The van der Waals surface area contributed by atoms with E-state index in [1.807, 2.05) is 65.2 Å². The Kier molecular flexibility index (Phi) is 4.11. The highest BCUT2D eigenvalue weighted by Gasteiger charge is 2.15. The highest BCUT2D eigenvalue weighted by atomic mass is 16.5. The van der Waals surface area contributed by atoms with Crippen LogP contribution in [0.25, 0.3) is 16.6 Å². The van der Waals surface area contributed by atoms with E-state index in [1.165, 1.54) is 0 Å². The summed E-state index contributed by atoms with van der Waals surface area (Å²) in [4.78, 5) is 17.0. The molecule has 26 heavy (non-hydrogen) atoms. The van der Waals surface area contributed by atoms with Crippen LogP contribution in [0, 0.1) is 0 Å². The number of hydrogen-bond acceptors (Lipinski definition) is 4. The molecule has 5 nitrogen and oxygen atoms in total. The van der Waals surface area contributed by atoms with Crippen LogP contribution in [-0.4, -0.2) is 16.7 Å². The summed E-state index contributed by atoms with van der Waals surface area (Å²) < 4.78 is 7.33. The van der Waals surface area contributed by atoms with Crippen molar-refractivity contribution in [3.8, 4) is 11.4 Å². The molecule has 0 amide bonds. The number of benzene rings is 2. The average molecular weight is 343 g/mol. The minimum absolute atomic E-state index is 0.120. The monoisotopic (exact) mass is 343 g/mol. The number of methoxy groups -OCH3 is 1. The second-order valence-corrected chi connectivity index (χ2v) is 5.79. The van der Waals surface area contributed by atoms with Crippen molar-refractivity contribution in [1.29, 1.82) is 0 Å². The van der Waals surface area contributed by atoms with E-state index >= 15 is 0 Å². The summed E-state index contributed by atoms with van der Waals surface area (Å²) >= 11 is 0. The van der Waals surface area contributed by atoms with E-state index in [9.17, 15) is 4.79 Å². The number of aromatic nitrogens is 2. The third-order valence-electron chi connectivity index (χ3n) is 4.17. The van der Waals surface area contributed by atoms with Crippen molar-refractivity contribution in [3.05, 3.63) is 89.3 Å². The van der Waals surface area contributed by atoms with Crippen LogP contribution < -0.4 is 15.5 Å². The summed E-state index contributed by atoms with van der Waals surface area (Å²) in [5, 5.41) is 3.84. The zero-order chi connectivity index (χ0) is 17.9. The van der Waals surface area contributed by atoms with Gasteiger partial charge in [-0.2, -0.15) is 0 Å². The number of ether oxygens (including phenoxy) is 1. The first-order chi connectivity index (χ1) is 12.8. The fourth-order valence-electron chi connectivity index (χ4n) is 3.01. The molecular formula is C21H17N3O2. The fraction of sp³-hybridized carbons (Fsp3) is 0.0476. The second-order valence-electron chi connectivity index (χ2n) is 5.79. The molecule has 0 saturated carbocycles. The van der Waals surface area contributed by atoms with Gasteiger partial charge in [-0.25, -0.2) is 0 Å². The first-order valence-electron chi connectivity index (χ1n) is 8.23. The quantitative estimate of drug-likeness (QED) is 0.605. The van der Waals surface area contributed by atoms with Crippen LogP contribution >= 0.6 is 0 Å². The van der Waals surface area contributed by atoms with Gasteiger partial charge in [0.1, 0.15) is 11.6 Å². The molecule has 128 valence electrons. The number of pyridine rings is 2. The first-order valence-corrected chi connectivity index (χ1v) is 8.23. The van der Waals surface area contributed by atoms with Gasteiger partial charge in [-0.1, -0.05) is 36.4 Å². The standard InChI is InChI=1S/C21H17N3O2/c1-26-19-14-22-13-17-21(19)18(25)12-20(23-15-8-4-2-5-9-15)24(17)16-10-6-3-7-11-16/h2-14,23H,1H3. The second kappa shape index (κ2) is 6.72. The number of para-hydroxylation sites is 2. The van der Waals surface area contributed by atoms with Gasteiger partial charge in [0.25, 0.3) is 0 Å². The van der Waals surface area contributed by atoms with E-state index in [1.54, 1.807) is 25.6 Å². The van der Waals surface area contributed by atoms with Gasteiger partial charge in [0.15, 0.2) is 5.43 Å². The van der Waals surface area contributed by atoms with Crippen molar-refractivity contribution in [1.82, 2.24) is 9.55 Å². The molecule has 0 aliphatic heterocycles. The number of hydrogen-bond donors (Lipinski definition) is 1. The van der Waals surface area contributed by atoms with E-state index in [4.69, 9.17) is 4.74 Å². The van der Waals surface area contributed by atoms with E-state index in [0.717, 1.165) is 11.4 Å². The molecule has 2 aromatic carbocycles. The Balaban J connectivity index is 2.04. The summed E-state index contributed by atoms with van der Waals surface area (Å²) in [5.41, 5.74) is 2.38. The van der Waals surface area contributed by atoms with E-state index < -0.39 is 0 Å². The lowest BCUT2D eigenvalue weighted by Gasteiger charge is -2.18. The van der Waals surface area contributed by atoms with Crippen molar-refractivity contribution in [2.24, 2.45) is 0 Å². The smallest absolute Gasteiger partial charge is 0.195 e. The fourth-order valence-corrected chi connectivity index (χ4v) is 3.01. The van der Waals surface area contributed by atoms with Crippen molar-refractivity contribution < 1.29 is 4.74 Å². The van der Waals surface area contributed by atoms with Crippen molar-refractivity contribution in [2.75, 3.05) is 12.4 Å². The van der Waals surface area contributed by atoms with Crippen LogP contribution in [0.3, 0.4) is 0 Å². The molecule has 2 heterocycles. The van der Waals surface area contributed by atoms with Crippen molar-refractivity contribution in [2.45, 2.75) is 0 Å². The lowest BCUT2D eigenvalue weighted by Crippen LogP contribution is -2.13. The van der Waals surface area contributed by atoms with Crippen LogP contribution in [0.4, 0.5) is 11.5 Å². The molecule has 5 heteroatoms. The van der Waals surface area contributed by atoms with Crippen LogP contribution in [0.5, 0.6) is 5.75 Å². The van der Waals surface area contributed by atoms with Gasteiger partial charge in [-0.15, -0.1) is 0 Å². The predicted molar refractivity (Wildman–Crippen MR) is 104 cm³/mol. The highest BCUT2D eigenvalue weighted by molar-refractivity contribution is 5.88. The van der Waals surface area contributed by atoms with Gasteiger partial charge in [0.05, 0.1) is 30.4 Å². The van der Waals surface area contributed by atoms with Gasteiger partial charge in [0.2, 0.25) is 0 Å². The average Bonchev–Trinajstić information content (AvgIpc) is 2.69. The Bertz CT molecular complexity index is 1110. The molecule has 0 atom stereocenters. The van der Waals surface area contributed by atoms with Crippen LogP contribution in [0.2, 0.25) is 0 Å². The summed E-state index contributed by atoms with van der Waals surface area (Å²) in [5.74, 6) is 1.12. The Morgan fingerprint density at radius 2 is 1.65 bits per heavy atom. The summed E-state index contributed by atoms with van der Waals surface area (Å²) in [6.45, 7) is 0.